The summed E-state index contributed by atoms with van der Waals surface area (Å²) in [5.74, 6) is 0. The molecule has 0 aliphatic carbocycles. The fourth-order valence-electron chi connectivity index (χ4n) is 0.769. The van der Waals surface area contributed by atoms with Gasteiger partial charge in [0.25, 0.3) is 0 Å². The van der Waals surface area contributed by atoms with Gasteiger partial charge in [-0.25, -0.2) is 0 Å². The van der Waals surface area contributed by atoms with E-state index in [1.165, 1.54) is 11.8 Å². The number of aliphatic imine (C=N–C) groups is 1. The molecule has 0 aliphatic rings. The van der Waals surface area contributed by atoms with Crippen molar-refractivity contribution in [2.45, 2.75) is 19.4 Å². The highest BCUT2D eigenvalue weighted by Crippen LogP contribution is 2.09. The number of amidine groups is 1. The van der Waals surface area contributed by atoms with Crippen LogP contribution >= 0.6 is 11.8 Å². The van der Waals surface area contributed by atoms with Gasteiger partial charge in [0, 0.05) is 13.1 Å². The first-order chi connectivity index (χ1) is 6.17. The van der Waals surface area contributed by atoms with Gasteiger partial charge in [-0.2, -0.15) is 10.5 Å². The molecule has 1 unspecified atom stereocenters. The van der Waals surface area contributed by atoms with Crippen LogP contribution in [0, 0.1) is 22.8 Å². The molecule has 0 saturated heterocycles. The number of nitrogens with zero attached hydrogens (tertiary/aromatic N) is 4. The highest BCUT2D eigenvalue weighted by molar-refractivity contribution is 8.13. The number of thioether (sulfide) groups is 1. The Bertz CT molecular complexity index is 260. The lowest BCUT2D eigenvalue weighted by molar-refractivity contribution is 0.403. The van der Waals surface area contributed by atoms with Crippen LogP contribution in [0.3, 0.4) is 0 Å². The Labute approximate surface area is 82.9 Å². The second kappa shape index (κ2) is 6.33. The Morgan fingerprint density at radius 1 is 1.62 bits per heavy atom. The van der Waals surface area contributed by atoms with Gasteiger partial charge >= 0.3 is 0 Å². The predicted octanol–water partition coefficient (Wildman–Crippen LogP) is 1.42. The molecular formula is C8H12N4S. The molecule has 0 bridgehead atoms. The highest BCUT2D eigenvalue weighted by atomic mass is 32.2. The summed E-state index contributed by atoms with van der Waals surface area (Å²) in [6.45, 7) is 1.92. The zero-order chi connectivity index (χ0) is 10.3. The smallest absolute Gasteiger partial charge is 0.208 e. The molecule has 1 atom stereocenters. The van der Waals surface area contributed by atoms with Crippen LogP contribution in [-0.2, 0) is 0 Å². The molecule has 0 spiro atoms. The van der Waals surface area contributed by atoms with Crippen LogP contribution in [0.2, 0.25) is 0 Å². The van der Waals surface area contributed by atoms with Crippen LogP contribution in [-0.4, -0.2) is 29.4 Å². The molecule has 0 amide bonds. The first-order valence-corrected chi connectivity index (χ1v) is 5.00. The van der Waals surface area contributed by atoms with E-state index in [1.54, 1.807) is 6.19 Å². The molecular weight excluding hydrogens is 184 g/mol. The lowest BCUT2D eigenvalue weighted by Gasteiger charge is -2.24. The number of hydrogen-bond donors (Lipinski definition) is 0. The average molecular weight is 196 g/mol. The quantitative estimate of drug-likeness (QED) is 0.380. The largest absolute Gasteiger partial charge is 0.350 e. The second-order valence-electron chi connectivity index (χ2n) is 2.52. The van der Waals surface area contributed by atoms with Gasteiger partial charge in [0.1, 0.15) is 0 Å². The number of rotatable bonds is 2. The summed E-state index contributed by atoms with van der Waals surface area (Å²) in [4.78, 5) is 5.48. The van der Waals surface area contributed by atoms with Crippen LogP contribution < -0.4 is 0 Å². The minimum absolute atomic E-state index is 0.0875. The molecule has 0 aliphatic heterocycles. The monoisotopic (exact) mass is 196 g/mol. The van der Waals surface area contributed by atoms with Crippen molar-refractivity contribution in [2.24, 2.45) is 4.99 Å². The topological polar surface area (TPSA) is 63.2 Å². The third-order valence-electron chi connectivity index (χ3n) is 1.68. The lowest BCUT2D eigenvalue weighted by atomic mass is 10.2. The molecule has 0 radical (unpaired) electrons. The first-order valence-electron chi connectivity index (χ1n) is 3.77. The Balaban J connectivity index is 4.40. The van der Waals surface area contributed by atoms with E-state index in [9.17, 15) is 0 Å². The molecule has 0 aromatic rings. The van der Waals surface area contributed by atoms with Gasteiger partial charge in [-0.1, -0.05) is 11.8 Å². The Kier molecular flexibility index (Phi) is 5.75. The van der Waals surface area contributed by atoms with Crippen molar-refractivity contribution in [3.8, 4) is 12.3 Å². The maximum absolute atomic E-state index is 8.48. The normalized spacial score (nSPS) is 12.8. The van der Waals surface area contributed by atoms with Crippen molar-refractivity contribution in [2.75, 3.05) is 13.3 Å². The van der Waals surface area contributed by atoms with Crippen molar-refractivity contribution in [3.63, 3.8) is 0 Å². The summed E-state index contributed by atoms with van der Waals surface area (Å²) in [6.07, 6.45) is 4.02. The lowest BCUT2D eigenvalue weighted by Crippen LogP contribution is -2.32. The van der Waals surface area contributed by atoms with Crippen molar-refractivity contribution < 1.29 is 0 Å². The molecule has 0 aromatic carbocycles. The van der Waals surface area contributed by atoms with Gasteiger partial charge in [-0.15, -0.1) is 4.99 Å². The summed E-state index contributed by atoms with van der Waals surface area (Å²) in [6, 6.07) is 2.17. The van der Waals surface area contributed by atoms with Crippen molar-refractivity contribution in [1.29, 1.82) is 10.5 Å². The second-order valence-corrected chi connectivity index (χ2v) is 3.29. The third kappa shape index (κ3) is 3.82. The Hall–Kier alpha value is -1.20. The van der Waals surface area contributed by atoms with Gasteiger partial charge in [0.15, 0.2) is 5.17 Å². The van der Waals surface area contributed by atoms with Crippen molar-refractivity contribution >= 4 is 16.9 Å². The summed E-state index contributed by atoms with van der Waals surface area (Å²) in [5, 5.41) is 17.5. The van der Waals surface area contributed by atoms with E-state index < -0.39 is 0 Å². The number of nitriles is 2. The maximum Gasteiger partial charge on any atom is 0.208 e. The SMILES string of the molecule is CSC(=NC#N)N(C)C(C)CC#N. The molecule has 13 heavy (non-hydrogen) atoms. The number of hydrogen-bond acceptors (Lipinski definition) is 4. The molecule has 0 N–H and O–H groups in total. The van der Waals surface area contributed by atoms with E-state index >= 15 is 0 Å². The van der Waals surface area contributed by atoms with E-state index in [1.807, 2.05) is 25.1 Å². The molecule has 0 saturated carbocycles. The van der Waals surface area contributed by atoms with Gasteiger partial charge in [-0.3, -0.25) is 0 Å². The van der Waals surface area contributed by atoms with E-state index in [0.29, 0.717) is 11.6 Å². The maximum atomic E-state index is 8.48. The summed E-state index contributed by atoms with van der Waals surface area (Å²) >= 11 is 1.40. The summed E-state index contributed by atoms with van der Waals surface area (Å²) in [7, 11) is 1.83. The van der Waals surface area contributed by atoms with Crippen LogP contribution in [0.1, 0.15) is 13.3 Å². The van der Waals surface area contributed by atoms with Crippen LogP contribution in [0.25, 0.3) is 0 Å². The molecule has 0 rings (SSSR count). The van der Waals surface area contributed by atoms with E-state index in [-0.39, 0.29) is 6.04 Å². The zero-order valence-electron chi connectivity index (χ0n) is 7.98. The third-order valence-corrected chi connectivity index (χ3v) is 2.42. The van der Waals surface area contributed by atoms with Gasteiger partial charge < -0.3 is 4.90 Å². The fraction of sp³-hybridized carbons (Fsp3) is 0.625. The fourth-order valence-corrected chi connectivity index (χ4v) is 1.37. The van der Waals surface area contributed by atoms with Gasteiger partial charge in [0.2, 0.25) is 6.19 Å². The van der Waals surface area contributed by atoms with E-state index in [2.05, 4.69) is 11.1 Å². The van der Waals surface area contributed by atoms with Crippen molar-refractivity contribution in [3.05, 3.63) is 0 Å². The minimum atomic E-state index is 0.0875. The summed E-state index contributed by atoms with van der Waals surface area (Å²) < 4.78 is 0. The summed E-state index contributed by atoms with van der Waals surface area (Å²) in [5.41, 5.74) is 0. The predicted molar refractivity (Wildman–Crippen MR) is 54.0 cm³/mol. The van der Waals surface area contributed by atoms with Crippen LogP contribution in [0.5, 0.6) is 0 Å². The van der Waals surface area contributed by atoms with Gasteiger partial charge in [-0.05, 0) is 13.2 Å². The average Bonchev–Trinajstić information content (AvgIpc) is 2.13. The Morgan fingerprint density at radius 3 is 2.62 bits per heavy atom. The first kappa shape index (κ1) is 11.8. The van der Waals surface area contributed by atoms with E-state index in [4.69, 9.17) is 10.5 Å². The highest BCUT2D eigenvalue weighted by Gasteiger charge is 2.12. The minimum Gasteiger partial charge on any atom is -0.350 e. The van der Waals surface area contributed by atoms with Crippen LogP contribution in [0.4, 0.5) is 0 Å². The molecule has 5 heteroatoms. The molecule has 0 heterocycles. The molecule has 0 fully saturated rings. The molecule has 70 valence electrons. The zero-order valence-corrected chi connectivity index (χ0v) is 8.80. The van der Waals surface area contributed by atoms with Crippen LogP contribution in [0.15, 0.2) is 4.99 Å². The standard InChI is InChI=1S/C8H12N4S/c1-7(4-5-9)12(2)8(13-3)11-6-10/h7H,4H2,1-3H3. The molecule has 4 nitrogen and oxygen atoms in total. The van der Waals surface area contributed by atoms with Gasteiger partial charge in [0.05, 0.1) is 12.5 Å². The van der Waals surface area contributed by atoms with Crippen molar-refractivity contribution in [1.82, 2.24) is 4.90 Å². The molecule has 0 aromatic heterocycles. The van der Waals surface area contributed by atoms with E-state index in [0.717, 1.165) is 0 Å². The Morgan fingerprint density at radius 2 is 2.23 bits per heavy atom.